The molecule has 3 aromatic rings. The zero-order valence-electron chi connectivity index (χ0n) is 9.24. The van der Waals surface area contributed by atoms with Crippen LogP contribution in [0.15, 0.2) is 43.0 Å². The summed E-state index contributed by atoms with van der Waals surface area (Å²) >= 11 is 0. The smallest absolute Gasteiger partial charge is 0.316 e. The van der Waals surface area contributed by atoms with Crippen LogP contribution in [0.5, 0.6) is 6.01 Å². The van der Waals surface area contributed by atoms with Crippen molar-refractivity contribution in [1.29, 1.82) is 0 Å². The van der Waals surface area contributed by atoms with E-state index in [1.54, 1.807) is 25.7 Å². The van der Waals surface area contributed by atoms with Gasteiger partial charge in [0.1, 0.15) is 5.65 Å². The fourth-order valence-corrected chi connectivity index (χ4v) is 1.71. The SMILES string of the molecule is COc1ncc(-n2ccc3cccnc32)cn1. The van der Waals surface area contributed by atoms with Gasteiger partial charge in [-0.1, -0.05) is 0 Å². The van der Waals surface area contributed by atoms with E-state index in [0.29, 0.717) is 6.01 Å². The molecule has 0 fully saturated rings. The summed E-state index contributed by atoms with van der Waals surface area (Å²) in [5.74, 6) is 0. The number of methoxy groups -OCH3 is 1. The Morgan fingerprint density at radius 2 is 1.94 bits per heavy atom. The minimum Gasteiger partial charge on any atom is -0.467 e. The molecule has 0 amide bonds. The van der Waals surface area contributed by atoms with Gasteiger partial charge in [0.2, 0.25) is 0 Å². The molecule has 0 saturated heterocycles. The second kappa shape index (κ2) is 3.86. The molecule has 0 radical (unpaired) electrons. The summed E-state index contributed by atoms with van der Waals surface area (Å²) in [6.45, 7) is 0. The number of aromatic nitrogens is 4. The molecule has 0 aliphatic rings. The monoisotopic (exact) mass is 226 g/mol. The van der Waals surface area contributed by atoms with Crippen LogP contribution in [-0.4, -0.2) is 26.6 Å². The van der Waals surface area contributed by atoms with Gasteiger partial charge in [0, 0.05) is 17.8 Å². The molecule has 3 heterocycles. The first-order chi connectivity index (χ1) is 8.38. The molecule has 0 bridgehead atoms. The molecule has 0 unspecified atom stereocenters. The van der Waals surface area contributed by atoms with Gasteiger partial charge < -0.3 is 4.74 Å². The zero-order valence-corrected chi connectivity index (χ0v) is 9.24. The van der Waals surface area contributed by atoms with Crippen molar-refractivity contribution in [3.8, 4) is 11.7 Å². The van der Waals surface area contributed by atoms with Gasteiger partial charge in [-0.05, 0) is 18.2 Å². The first kappa shape index (κ1) is 9.77. The van der Waals surface area contributed by atoms with Crippen molar-refractivity contribution in [2.75, 3.05) is 7.11 Å². The van der Waals surface area contributed by atoms with Crippen LogP contribution in [0, 0.1) is 0 Å². The average Bonchev–Trinajstić information content (AvgIpc) is 2.83. The highest BCUT2D eigenvalue weighted by atomic mass is 16.5. The van der Waals surface area contributed by atoms with Crippen LogP contribution in [0.25, 0.3) is 16.7 Å². The van der Waals surface area contributed by atoms with Crippen LogP contribution >= 0.6 is 0 Å². The Balaban J connectivity index is 2.13. The van der Waals surface area contributed by atoms with Gasteiger partial charge in [-0.3, -0.25) is 4.57 Å². The Labute approximate surface area is 97.7 Å². The lowest BCUT2D eigenvalue weighted by Gasteiger charge is -2.04. The van der Waals surface area contributed by atoms with Gasteiger partial charge in [0.25, 0.3) is 0 Å². The number of nitrogens with zero attached hydrogens (tertiary/aromatic N) is 4. The molecular weight excluding hydrogens is 216 g/mol. The standard InChI is InChI=1S/C12H10N4O/c1-17-12-14-7-10(8-15-12)16-6-4-9-3-2-5-13-11(9)16/h2-8H,1H3. The van der Waals surface area contributed by atoms with E-state index in [1.807, 2.05) is 29.0 Å². The second-order valence-corrected chi connectivity index (χ2v) is 3.53. The van der Waals surface area contributed by atoms with Crippen LogP contribution < -0.4 is 4.74 Å². The van der Waals surface area contributed by atoms with Gasteiger partial charge >= 0.3 is 6.01 Å². The third-order valence-corrected chi connectivity index (χ3v) is 2.52. The Morgan fingerprint density at radius 3 is 2.71 bits per heavy atom. The lowest BCUT2D eigenvalue weighted by molar-refractivity contribution is 0.379. The van der Waals surface area contributed by atoms with E-state index in [2.05, 4.69) is 15.0 Å². The molecule has 3 rings (SSSR count). The van der Waals surface area contributed by atoms with Crippen LogP contribution in [0.4, 0.5) is 0 Å². The molecule has 3 aromatic heterocycles. The lowest BCUT2D eigenvalue weighted by Crippen LogP contribution is -1.97. The van der Waals surface area contributed by atoms with Gasteiger partial charge in [0.15, 0.2) is 0 Å². The summed E-state index contributed by atoms with van der Waals surface area (Å²) in [5, 5.41) is 1.09. The van der Waals surface area contributed by atoms with Crippen molar-refractivity contribution >= 4 is 11.0 Å². The third kappa shape index (κ3) is 1.61. The molecule has 0 aliphatic carbocycles. The van der Waals surface area contributed by atoms with Gasteiger partial charge in [-0.15, -0.1) is 0 Å². The molecule has 0 aliphatic heterocycles. The number of hydrogen-bond donors (Lipinski definition) is 0. The normalized spacial score (nSPS) is 10.6. The highest BCUT2D eigenvalue weighted by Gasteiger charge is 2.04. The topological polar surface area (TPSA) is 52.8 Å². The predicted molar refractivity (Wildman–Crippen MR) is 63.2 cm³/mol. The van der Waals surface area contributed by atoms with Crippen molar-refractivity contribution in [2.24, 2.45) is 0 Å². The minimum absolute atomic E-state index is 0.359. The largest absolute Gasteiger partial charge is 0.467 e. The van der Waals surface area contributed by atoms with Gasteiger partial charge in [-0.25, -0.2) is 15.0 Å². The van der Waals surface area contributed by atoms with Gasteiger partial charge in [0.05, 0.1) is 25.2 Å². The fraction of sp³-hybridized carbons (Fsp3) is 0.0833. The van der Waals surface area contributed by atoms with Crippen molar-refractivity contribution in [3.05, 3.63) is 43.0 Å². The molecule has 0 aromatic carbocycles. The van der Waals surface area contributed by atoms with Gasteiger partial charge in [-0.2, -0.15) is 0 Å². The van der Waals surface area contributed by atoms with Crippen molar-refractivity contribution < 1.29 is 4.74 Å². The highest BCUT2D eigenvalue weighted by Crippen LogP contribution is 2.17. The number of ether oxygens (including phenoxy) is 1. The van der Waals surface area contributed by atoms with E-state index in [9.17, 15) is 0 Å². The average molecular weight is 226 g/mol. The number of rotatable bonds is 2. The molecule has 0 saturated carbocycles. The molecular formula is C12H10N4O. The Morgan fingerprint density at radius 1 is 1.12 bits per heavy atom. The predicted octanol–water partition coefficient (Wildman–Crippen LogP) is 1.82. The van der Waals surface area contributed by atoms with Crippen LogP contribution in [0.1, 0.15) is 0 Å². The maximum Gasteiger partial charge on any atom is 0.316 e. The van der Waals surface area contributed by atoms with E-state index in [4.69, 9.17) is 4.74 Å². The zero-order chi connectivity index (χ0) is 11.7. The summed E-state index contributed by atoms with van der Waals surface area (Å²) in [4.78, 5) is 12.5. The summed E-state index contributed by atoms with van der Waals surface area (Å²) < 4.78 is 6.87. The van der Waals surface area contributed by atoms with E-state index < -0.39 is 0 Å². The summed E-state index contributed by atoms with van der Waals surface area (Å²) in [6.07, 6.45) is 7.13. The van der Waals surface area contributed by atoms with Crippen LogP contribution in [-0.2, 0) is 0 Å². The number of fused-ring (bicyclic) bond motifs is 1. The molecule has 0 N–H and O–H groups in total. The van der Waals surface area contributed by atoms with E-state index in [-0.39, 0.29) is 0 Å². The van der Waals surface area contributed by atoms with E-state index in [1.165, 1.54) is 0 Å². The Bertz CT molecular complexity index is 645. The molecule has 5 nitrogen and oxygen atoms in total. The van der Waals surface area contributed by atoms with Crippen LogP contribution in [0.2, 0.25) is 0 Å². The van der Waals surface area contributed by atoms with E-state index >= 15 is 0 Å². The van der Waals surface area contributed by atoms with Crippen molar-refractivity contribution in [2.45, 2.75) is 0 Å². The Hall–Kier alpha value is -2.43. The third-order valence-electron chi connectivity index (χ3n) is 2.52. The molecule has 5 heteroatoms. The lowest BCUT2D eigenvalue weighted by atomic mass is 10.3. The summed E-state index contributed by atoms with van der Waals surface area (Å²) in [5.41, 5.74) is 1.75. The first-order valence-corrected chi connectivity index (χ1v) is 5.17. The summed E-state index contributed by atoms with van der Waals surface area (Å²) in [7, 11) is 1.54. The molecule has 0 spiro atoms. The number of pyridine rings is 1. The van der Waals surface area contributed by atoms with Crippen molar-refractivity contribution in [3.63, 3.8) is 0 Å². The minimum atomic E-state index is 0.359. The molecule has 17 heavy (non-hydrogen) atoms. The maximum atomic E-state index is 4.93. The quantitative estimate of drug-likeness (QED) is 0.668. The molecule has 0 atom stereocenters. The number of hydrogen-bond acceptors (Lipinski definition) is 4. The highest BCUT2D eigenvalue weighted by molar-refractivity contribution is 5.77. The Kier molecular flexibility index (Phi) is 2.22. The fourth-order valence-electron chi connectivity index (χ4n) is 1.71. The van der Waals surface area contributed by atoms with Crippen molar-refractivity contribution in [1.82, 2.24) is 19.5 Å². The van der Waals surface area contributed by atoms with E-state index in [0.717, 1.165) is 16.7 Å². The summed E-state index contributed by atoms with van der Waals surface area (Å²) in [6, 6.07) is 6.30. The molecule has 84 valence electrons. The first-order valence-electron chi connectivity index (χ1n) is 5.17. The van der Waals surface area contributed by atoms with Crippen LogP contribution in [0.3, 0.4) is 0 Å². The maximum absolute atomic E-state index is 4.93. The second-order valence-electron chi connectivity index (χ2n) is 3.53.